The summed E-state index contributed by atoms with van der Waals surface area (Å²) in [4.78, 5) is 0. The van der Waals surface area contributed by atoms with E-state index in [2.05, 4.69) is 6.92 Å². The molecule has 0 N–H and O–H groups in total. The number of halogens is 6. The predicted molar refractivity (Wildman–Crippen MR) is 141 cm³/mol. The molecule has 4 rings (SSSR count). The quantitative estimate of drug-likeness (QED) is 0.232. The molecule has 0 nitrogen and oxygen atoms in total. The molecular formula is C32H38F6. The number of allylic oxidation sites excluding steroid dienone is 2. The van der Waals surface area contributed by atoms with E-state index >= 15 is 8.78 Å². The third kappa shape index (κ3) is 7.45. The van der Waals surface area contributed by atoms with Gasteiger partial charge >= 0.3 is 6.18 Å². The van der Waals surface area contributed by atoms with Crippen LogP contribution in [0.3, 0.4) is 0 Å². The van der Waals surface area contributed by atoms with Crippen molar-refractivity contribution in [3.8, 4) is 11.1 Å². The van der Waals surface area contributed by atoms with Gasteiger partial charge in [-0.25, -0.2) is 13.2 Å². The fraction of sp³-hybridized carbons (Fsp3) is 0.562. The zero-order valence-electron chi connectivity index (χ0n) is 22.1. The molecule has 38 heavy (non-hydrogen) atoms. The van der Waals surface area contributed by atoms with Gasteiger partial charge in [0.05, 0.1) is 6.08 Å². The highest BCUT2D eigenvalue weighted by Crippen LogP contribution is 2.42. The molecule has 2 aromatic carbocycles. The second kappa shape index (κ2) is 12.7. The Morgan fingerprint density at radius 2 is 1.50 bits per heavy atom. The Bertz CT molecular complexity index is 1090. The minimum atomic E-state index is -4.68. The Morgan fingerprint density at radius 3 is 2.11 bits per heavy atom. The number of alkyl halides is 3. The van der Waals surface area contributed by atoms with Crippen LogP contribution < -0.4 is 0 Å². The van der Waals surface area contributed by atoms with Gasteiger partial charge in [-0.3, -0.25) is 0 Å². The zero-order valence-corrected chi connectivity index (χ0v) is 22.1. The monoisotopic (exact) mass is 536 g/mol. The normalized spacial score (nSPS) is 25.0. The maximum absolute atomic E-state index is 15.2. The number of hydrogen-bond acceptors (Lipinski definition) is 0. The highest BCUT2D eigenvalue weighted by Gasteiger charge is 2.31. The highest BCUT2D eigenvalue weighted by atomic mass is 19.4. The van der Waals surface area contributed by atoms with Crippen LogP contribution in [0.15, 0.2) is 48.3 Å². The smallest absolute Gasteiger partial charge is 0.212 e. The molecule has 0 radical (unpaired) electrons. The summed E-state index contributed by atoms with van der Waals surface area (Å²) in [7, 11) is 0. The van der Waals surface area contributed by atoms with Crippen LogP contribution in [-0.2, 0) is 0 Å². The third-order valence-corrected chi connectivity index (χ3v) is 8.70. The molecule has 2 fully saturated rings. The summed E-state index contributed by atoms with van der Waals surface area (Å²) < 4.78 is 81.5. The van der Waals surface area contributed by atoms with E-state index in [9.17, 15) is 17.6 Å². The molecule has 0 amide bonds. The van der Waals surface area contributed by atoms with E-state index in [-0.39, 0.29) is 30.7 Å². The molecule has 0 bridgehead atoms. The molecule has 0 atom stereocenters. The van der Waals surface area contributed by atoms with Gasteiger partial charge in [-0.1, -0.05) is 56.9 Å². The van der Waals surface area contributed by atoms with Gasteiger partial charge in [0.15, 0.2) is 0 Å². The highest BCUT2D eigenvalue weighted by molar-refractivity contribution is 5.65. The summed E-state index contributed by atoms with van der Waals surface area (Å²) >= 11 is 0. The first-order valence-electron chi connectivity index (χ1n) is 14.2. The minimum absolute atomic E-state index is 0.191. The SMILES string of the molecule is CCCCCC1CCC(c2ccc(-c3ccc(C4CCC(C(F)=CC(F)(F)F)CC4)c(F)c3)c(F)c2)CC1. The average Bonchev–Trinajstić information content (AvgIpc) is 2.88. The van der Waals surface area contributed by atoms with Gasteiger partial charge in [-0.15, -0.1) is 0 Å². The topological polar surface area (TPSA) is 0 Å². The van der Waals surface area contributed by atoms with E-state index in [1.165, 1.54) is 44.6 Å². The van der Waals surface area contributed by atoms with E-state index in [0.717, 1.165) is 24.3 Å². The molecule has 2 aromatic rings. The van der Waals surface area contributed by atoms with Crippen LogP contribution in [0.2, 0.25) is 0 Å². The first kappa shape index (κ1) is 28.8. The Balaban J connectivity index is 1.37. The van der Waals surface area contributed by atoms with Crippen LogP contribution in [0, 0.1) is 23.5 Å². The van der Waals surface area contributed by atoms with Crippen molar-refractivity contribution >= 4 is 0 Å². The lowest BCUT2D eigenvalue weighted by atomic mass is 9.76. The largest absolute Gasteiger partial charge is 0.412 e. The van der Waals surface area contributed by atoms with Crippen LogP contribution in [0.5, 0.6) is 0 Å². The summed E-state index contributed by atoms with van der Waals surface area (Å²) in [5.74, 6) is -1.78. The molecule has 0 aromatic heterocycles. The lowest BCUT2D eigenvalue weighted by Crippen LogP contribution is -2.16. The Labute approximate surface area is 222 Å². The maximum Gasteiger partial charge on any atom is 0.412 e. The van der Waals surface area contributed by atoms with Crippen LogP contribution in [0.25, 0.3) is 11.1 Å². The van der Waals surface area contributed by atoms with Crippen molar-refractivity contribution < 1.29 is 26.3 Å². The first-order chi connectivity index (χ1) is 18.1. The van der Waals surface area contributed by atoms with E-state index in [1.807, 2.05) is 6.07 Å². The van der Waals surface area contributed by atoms with Gasteiger partial charge in [-0.05, 0) is 97.9 Å². The first-order valence-corrected chi connectivity index (χ1v) is 14.2. The summed E-state index contributed by atoms with van der Waals surface area (Å²) in [5, 5.41) is 0. The van der Waals surface area contributed by atoms with Gasteiger partial charge in [0.2, 0.25) is 0 Å². The van der Waals surface area contributed by atoms with E-state index in [1.54, 1.807) is 24.3 Å². The lowest BCUT2D eigenvalue weighted by molar-refractivity contribution is -0.0820. The molecule has 0 heterocycles. The summed E-state index contributed by atoms with van der Waals surface area (Å²) in [5.41, 5.74) is 2.29. The van der Waals surface area contributed by atoms with Crippen molar-refractivity contribution in [1.29, 1.82) is 0 Å². The maximum atomic E-state index is 15.2. The van der Waals surface area contributed by atoms with Gasteiger partial charge in [0.1, 0.15) is 17.5 Å². The summed E-state index contributed by atoms with van der Waals surface area (Å²) in [6, 6.07) is 10.0. The second-order valence-electron chi connectivity index (χ2n) is 11.3. The third-order valence-electron chi connectivity index (χ3n) is 8.70. The van der Waals surface area contributed by atoms with Crippen LogP contribution in [-0.4, -0.2) is 6.18 Å². The van der Waals surface area contributed by atoms with Gasteiger partial charge in [0, 0.05) is 11.5 Å². The standard InChI is InChI=1S/C32H38F6/c1-2-3-4-5-21-6-8-22(9-7-21)25-14-16-28(29(33)18-25)26-15-17-27(30(34)19-26)23-10-12-24(13-11-23)31(35)20-32(36,37)38/h14-24H,2-13H2,1H3. The summed E-state index contributed by atoms with van der Waals surface area (Å²) in [6.07, 6.45) is 6.00. The fourth-order valence-corrected chi connectivity index (χ4v) is 6.47. The van der Waals surface area contributed by atoms with Crippen molar-refractivity contribution in [2.24, 2.45) is 11.8 Å². The predicted octanol–water partition coefficient (Wildman–Crippen LogP) is 11.2. The molecule has 2 saturated carbocycles. The van der Waals surface area contributed by atoms with Crippen molar-refractivity contribution in [3.05, 3.63) is 71.1 Å². The van der Waals surface area contributed by atoms with Gasteiger partial charge in [0.25, 0.3) is 0 Å². The van der Waals surface area contributed by atoms with Crippen molar-refractivity contribution in [2.45, 2.75) is 102 Å². The zero-order chi connectivity index (χ0) is 27.3. The molecule has 6 heteroatoms. The van der Waals surface area contributed by atoms with Gasteiger partial charge < -0.3 is 0 Å². The van der Waals surface area contributed by atoms with Crippen molar-refractivity contribution in [1.82, 2.24) is 0 Å². The number of hydrogen-bond donors (Lipinski definition) is 0. The van der Waals surface area contributed by atoms with E-state index in [4.69, 9.17) is 0 Å². The fourth-order valence-electron chi connectivity index (χ4n) is 6.47. The van der Waals surface area contributed by atoms with Crippen molar-refractivity contribution in [3.63, 3.8) is 0 Å². The van der Waals surface area contributed by atoms with Crippen molar-refractivity contribution in [2.75, 3.05) is 0 Å². The molecule has 0 saturated heterocycles. The van der Waals surface area contributed by atoms with E-state index in [0.29, 0.717) is 35.4 Å². The molecule has 2 aliphatic rings. The second-order valence-corrected chi connectivity index (χ2v) is 11.3. The molecule has 0 aliphatic heterocycles. The summed E-state index contributed by atoms with van der Waals surface area (Å²) in [6.45, 7) is 2.22. The molecule has 0 spiro atoms. The molecule has 208 valence electrons. The minimum Gasteiger partial charge on any atom is -0.212 e. The molecular weight excluding hydrogens is 498 g/mol. The van der Waals surface area contributed by atoms with E-state index < -0.39 is 23.7 Å². The Hall–Kier alpha value is -2.24. The van der Waals surface area contributed by atoms with Crippen LogP contribution in [0.1, 0.15) is 107 Å². The molecule has 2 aliphatic carbocycles. The number of unbranched alkanes of at least 4 members (excludes halogenated alkanes) is 2. The van der Waals surface area contributed by atoms with Crippen LogP contribution in [0.4, 0.5) is 26.3 Å². The molecule has 0 unspecified atom stereocenters. The average molecular weight is 537 g/mol. The van der Waals surface area contributed by atoms with Gasteiger partial charge in [-0.2, -0.15) is 13.2 Å². The number of rotatable bonds is 8. The Kier molecular flexibility index (Phi) is 9.64. The Morgan fingerprint density at radius 1 is 0.816 bits per heavy atom. The number of benzene rings is 2. The van der Waals surface area contributed by atoms with Crippen LogP contribution >= 0.6 is 0 Å². The lowest BCUT2D eigenvalue weighted by Gasteiger charge is -2.29.